The summed E-state index contributed by atoms with van der Waals surface area (Å²) in [6.07, 6.45) is 0.412. The molecule has 0 fully saturated rings. The SMILES string of the molecule is Cc1cc(C(=O)N(CCc2nn[nH]n2)c2ccc(F)cc2)c(C)o1. The van der Waals surface area contributed by atoms with Crippen molar-refractivity contribution in [3.63, 3.8) is 0 Å². The summed E-state index contributed by atoms with van der Waals surface area (Å²) in [6, 6.07) is 7.45. The highest BCUT2D eigenvalue weighted by molar-refractivity contribution is 6.06. The largest absolute Gasteiger partial charge is 0.466 e. The number of carbonyl (C=O) groups excluding carboxylic acids is 1. The highest BCUT2D eigenvalue weighted by atomic mass is 19.1. The van der Waals surface area contributed by atoms with Gasteiger partial charge in [-0.15, -0.1) is 10.2 Å². The zero-order valence-electron chi connectivity index (χ0n) is 13.3. The van der Waals surface area contributed by atoms with E-state index in [0.717, 1.165) is 0 Å². The molecule has 0 aliphatic carbocycles. The zero-order valence-corrected chi connectivity index (χ0v) is 13.3. The lowest BCUT2D eigenvalue weighted by Gasteiger charge is -2.22. The minimum atomic E-state index is -0.361. The average molecular weight is 329 g/mol. The minimum absolute atomic E-state index is 0.223. The van der Waals surface area contributed by atoms with Gasteiger partial charge in [-0.1, -0.05) is 5.21 Å². The van der Waals surface area contributed by atoms with Crippen LogP contribution in [0.2, 0.25) is 0 Å². The first-order valence-electron chi connectivity index (χ1n) is 7.41. The molecule has 1 aromatic carbocycles. The van der Waals surface area contributed by atoms with Crippen LogP contribution >= 0.6 is 0 Å². The molecule has 1 N–H and O–H groups in total. The summed E-state index contributed by atoms with van der Waals surface area (Å²) in [5.74, 6) is 1.12. The molecule has 0 saturated carbocycles. The van der Waals surface area contributed by atoms with Crippen molar-refractivity contribution in [2.24, 2.45) is 0 Å². The van der Waals surface area contributed by atoms with Gasteiger partial charge in [0.1, 0.15) is 17.3 Å². The zero-order chi connectivity index (χ0) is 17.1. The monoisotopic (exact) mass is 329 g/mol. The molecule has 124 valence electrons. The Morgan fingerprint density at radius 2 is 2.04 bits per heavy atom. The molecule has 0 unspecified atom stereocenters. The molecule has 0 bridgehead atoms. The van der Waals surface area contributed by atoms with Crippen LogP contribution in [0.4, 0.5) is 10.1 Å². The molecule has 0 saturated heterocycles. The van der Waals surface area contributed by atoms with Gasteiger partial charge in [-0.05, 0) is 44.2 Å². The third-order valence-corrected chi connectivity index (χ3v) is 3.60. The number of nitrogens with one attached hydrogen (secondary N) is 1. The van der Waals surface area contributed by atoms with Crippen molar-refractivity contribution in [3.05, 3.63) is 59.1 Å². The van der Waals surface area contributed by atoms with Crippen LogP contribution in [0, 0.1) is 19.7 Å². The number of aryl methyl sites for hydroxylation is 2. The topological polar surface area (TPSA) is 87.9 Å². The third kappa shape index (κ3) is 3.32. The van der Waals surface area contributed by atoms with E-state index in [2.05, 4.69) is 20.6 Å². The quantitative estimate of drug-likeness (QED) is 0.777. The number of benzene rings is 1. The van der Waals surface area contributed by atoms with E-state index in [9.17, 15) is 9.18 Å². The first-order valence-corrected chi connectivity index (χ1v) is 7.41. The second kappa shape index (κ2) is 6.61. The van der Waals surface area contributed by atoms with Crippen LogP contribution in [0.25, 0.3) is 0 Å². The third-order valence-electron chi connectivity index (χ3n) is 3.60. The van der Waals surface area contributed by atoms with E-state index in [0.29, 0.717) is 41.6 Å². The molecule has 2 aromatic heterocycles. The molecule has 7 nitrogen and oxygen atoms in total. The van der Waals surface area contributed by atoms with Crippen LogP contribution in [-0.4, -0.2) is 33.1 Å². The van der Waals surface area contributed by atoms with Crippen molar-refractivity contribution in [3.8, 4) is 0 Å². The number of nitrogens with zero attached hydrogens (tertiary/aromatic N) is 4. The highest BCUT2D eigenvalue weighted by Crippen LogP contribution is 2.22. The number of aromatic nitrogens is 4. The van der Waals surface area contributed by atoms with Gasteiger partial charge in [0.15, 0.2) is 5.82 Å². The fourth-order valence-electron chi connectivity index (χ4n) is 2.46. The molecule has 0 aliphatic rings. The molecule has 3 rings (SSSR count). The van der Waals surface area contributed by atoms with Gasteiger partial charge >= 0.3 is 0 Å². The maximum absolute atomic E-state index is 13.2. The number of tetrazole rings is 1. The van der Waals surface area contributed by atoms with E-state index in [1.54, 1.807) is 36.9 Å². The summed E-state index contributed by atoms with van der Waals surface area (Å²) in [6.45, 7) is 3.85. The second-order valence-corrected chi connectivity index (χ2v) is 5.34. The van der Waals surface area contributed by atoms with E-state index in [1.165, 1.54) is 12.1 Å². The number of hydrogen-bond donors (Lipinski definition) is 1. The Morgan fingerprint density at radius 3 is 2.62 bits per heavy atom. The first-order chi connectivity index (χ1) is 11.5. The van der Waals surface area contributed by atoms with Gasteiger partial charge in [0.05, 0.1) is 5.56 Å². The molecule has 1 amide bonds. The fraction of sp³-hybridized carbons (Fsp3) is 0.250. The molecule has 24 heavy (non-hydrogen) atoms. The van der Waals surface area contributed by atoms with Crippen molar-refractivity contribution in [2.45, 2.75) is 20.3 Å². The van der Waals surface area contributed by atoms with Crippen LogP contribution in [0.1, 0.15) is 27.7 Å². The van der Waals surface area contributed by atoms with Crippen molar-refractivity contribution < 1.29 is 13.6 Å². The Hall–Kier alpha value is -3.03. The van der Waals surface area contributed by atoms with Gasteiger partial charge in [0.2, 0.25) is 0 Å². The molecular weight excluding hydrogens is 313 g/mol. The van der Waals surface area contributed by atoms with Crippen molar-refractivity contribution in [1.29, 1.82) is 0 Å². The Labute approximate surface area is 137 Å². The van der Waals surface area contributed by atoms with Crippen LogP contribution < -0.4 is 4.90 Å². The maximum atomic E-state index is 13.2. The standard InChI is InChI=1S/C16H16FN5O2/c1-10-9-14(11(2)24-10)16(23)22(8-7-15-18-20-21-19-15)13-5-3-12(17)4-6-13/h3-6,9H,7-8H2,1-2H3,(H,18,19,20,21). The van der Waals surface area contributed by atoms with Crippen LogP contribution in [0.5, 0.6) is 0 Å². The first kappa shape index (κ1) is 15.9. The Kier molecular flexibility index (Phi) is 4.37. The summed E-state index contributed by atoms with van der Waals surface area (Å²) in [4.78, 5) is 14.5. The number of H-pyrrole nitrogens is 1. The van der Waals surface area contributed by atoms with Gasteiger partial charge in [-0.25, -0.2) is 4.39 Å². The van der Waals surface area contributed by atoms with Crippen molar-refractivity contribution in [2.75, 3.05) is 11.4 Å². The van der Waals surface area contributed by atoms with Crippen LogP contribution in [-0.2, 0) is 6.42 Å². The van der Waals surface area contributed by atoms with Crippen molar-refractivity contribution in [1.82, 2.24) is 20.6 Å². The number of halogens is 1. The minimum Gasteiger partial charge on any atom is -0.466 e. The predicted octanol–water partition coefficient (Wildman–Crippen LogP) is 2.44. The second-order valence-electron chi connectivity index (χ2n) is 5.34. The summed E-state index contributed by atoms with van der Waals surface area (Å²) < 4.78 is 18.6. The van der Waals surface area contributed by atoms with E-state index in [-0.39, 0.29) is 11.7 Å². The normalized spacial score (nSPS) is 10.8. The number of hydrogen-bond acceptors (Lipinski definition) is 5. The molecule has 0 spiro atoms. The number of amides is 1. The van der Waals surface area contributed by atoms with E-state index in [1.807, 2.05) is 0 Å². The Morgan fingerprint density at radius 1 is 1.29 bits per heavy atom. The molecule has 0 atom stereocenters. The van der Waals surface area contributed by atoms with Gasteiger partial charge in [-0.3, -0.25) is 4.79 Å². The van der Waals surface area contributed by atoms with Gasteiger partial charge < -0.3 is 9.32 Å². The lowest BCUT2D eigenvalue weighted by atomic mass is 10.2. The summed E-state index contributed by atoms with van der Waals surface area (Å²) in [5.41, 5.74) is 1.06. The predicted molar refractivity (Wildman–Crippen MR) is 84.1 cm³/mol. The molecule has 8 heteroatoms. The Bertz CT molecular complexity index is 827. The van der Waals surface area contributed by atoms with E-state index >= 15 is 0 Å². The van der Waals surface area contributed by atoms with Crippen LogP contribution in [0.3, 0.4) is 0 Å². The van der Waals surface area contributed by atoms with Crippen LogP contribution in [0.15, 0.2) is 34.7 Å². The van der Waals surface area contributed by atoms with E-state index in [4.69, 9.17) is 4.42 Å². The number of anilines is 1. The number of aromatic amines is 1. The number of furan rings is 1. The van der Waals surface area contributed by atoms with Gasteiger partial charge in [0.25, 0.3) is 5.91 Å². The number of carbonyl (C=O) groups is 1. The fourth-order valence-corrected chi connectivity index (χ4v) is 2.46. The Balaban J connectivity index is 1.89. The lowest BCUT2D eigenvalue weighted by Crippen LogP contribution is -2.33. The lowest BCUT2D eigenvalue weighted by molar-refractivity contribution is 0.0985. The molecule has 0 radical (unpaired) electrons. The molecule has 2 heterocycles. The summed E-state index contributed by atoms with van der Waals surface area (Å²) >= 11 is 0. The van der Waals surface area contributed by atoms with Gasteiger partial charge in [-0.2, -0.15) is 5.21 Å². The summed E-state index contributed by atoms with van der Waals surface area (Å²) in [7, 11) is 0. The smallest absolute Gasteiger partial charge is 0.261 e. The molecule has 3 aromatic rings. The maximum Gasteiger partial charge on any atom is 0.261 e. The van der Waals surface area contributed by atoms with E-state index < -0.39 is 0 Å². The molecular formula is C16H16FN5O2. The molecule has 0 aliphatic heterocycles. The average Bonchev–Trinajstić information content (AvgIpc) is 3.18. The van der Waals surface area contributed by atoms with Gasteiger partial charge in [0, 0.05) is 18.7 Å². The number of rotatable bonds is 5. The highest BCUT2D eigenvalue weighted by Gasteiger charge is 2.22. The summed E-state index contributed by atoms with van der Waals surface area (Å²) in [5, 5.41) is 13.6. The van der Waals surface area contributed by atoms with Crippen molar-refractivity contribution >= 4 is 11.6 Å².